The molecule has 0 aliphatic heterocycles. The van der Waals surface area contributed by atoms with E-state index in [1.807, 2.05) is 12.4 Å². The lowest BCUT2D eigenvalue weighted by molar-refractivity contribution is 0.519. The first kappa shape index (κ1) is 9.66. The van der Waals surface area contributed by atoms with Gasteiger partial charge in [-0.15, -0.1) is 0 Å². The average molecular weight is 190 g/mol. The van der Waals surface area contributed by atoms with Crippen molar-refractivity contribution in [2.45, 2.75) is 38.1 Å². The van der Waals surface area contributed by atoms with E-state index in [4.69, 9.17) is 0 Å². The Morgan fingerprint density at radius 2 is 2.29 bits per heavy atom. The third-order valence-electron chi connectivity index (χ3n) is 3.37. The second-order valence-electron chi connectivity index (χ2n) is 4.16. The fourth-order valence-electron chi connectivity index (χ4n) is 2.54. The maximum absolute atomic E-state index is 4.23. The van der Waals surface area contributed by atoms with Gasteiger partial charge in [0.2, 0.25) is 0 Å². The SMILES string of the molecule is CNC1CCCC1c1cnccc1C. The molecule has 2 atom stereocenters. The van der Waals surface area contributed by atoms with Crippen LogP contribution in [0.15, 0.2) is 18.5 Å². The van der Waals surface area contributed by atoms with Gasteiger partial charge in [0.1, 0.15) is 0 Å². The number of pyridine rings is 1. The molecule has 14 heavy (non-hydrogen) atoms. The molecule has 0 radical (unpaired) electrons. The minimum Gasteiger partial charge on any atom is -0.316 e. The van der Waals surface area contributed by atoms with E-state index in [2.05, 4.69) is 30.3 Å². The van der Waals surface area contributed by atoms with Crippen LogP contribution in [0.1, 0.15) is 36.3 Å². The number of likely N-dealkylation sites (N-methyl/N-ethyl adjacent to an activating group) is 1. The predicted octanol–water partition coefficient (Wildman–Crippen LogP) is 2.25. The Labute approximate surface area is 85.7 Å². The zero-order valence-corrected chi connectivity index (χ0v) is 8.96. The molecule has 2 unspecified atom stereocenters. The lowest BCUT2D eigenvalue weighted by atomic mass is 9.92. The van der Waals surface area contributed by atoms with Gasteiger partial charge >= 0.3 is 0 Å². The van der Waals surface area contributed by atoms with Gasteiger partial charge in [-0.25, -0.2) is 0 Å². The maximum atomic E-state index is 4.23. The van der Waals surface area contributed by atoms with Gasteiger partial charge in [0.05, 0.1) is 0 Å². The number of hydrogen-bond acceptors (Lipinski definition) is 2. The van der Waals surface area contributed by atoms with Gasteiger partial charge < -0.3 is 5.32 Å². The van der Waals surface area contributed by atoms with E-state index in [0.29, 0.717) is 12.0 Å². The van der Waals surface area contributed by atoms with Crippen LogP contribution in [-0.4, -0.2) is 18.1 Å². The highest BCUT2D eigenvalue weighted by Crippen LogP contribution is 2.35. The Kier molecular flexibility index (Phi) is 2.82. The maximum Gasteiger partial charge on any atom is 0.0305 e. The lowest BCUT2D eigenvalue weighted by Crippen LogP contribution is -2.27. The van der Waals surface area contributed by atoms with Gasteiger partial charge in [-0.2, -0.15) is 0 Å². The molecule has 0 spiro atoms. The molecule has 1 fully saturated rings. The topological polar surface area (TPSA) is 24.9 Å². The summed E-state index contributed by atoms with van der Waals surface area (Å²) >= 11 is 0. The van der Waals surface area contributed by atoms with E-state index in [0.717, 1.165) is 0 Å². The average Bonchev–Trinajstić information content (AvgIpc) is 2.66. The Morgan fingerprint density at radius 3 is 3.00 bits per heavy atom. The Bertz CT molecular complexity index is 309. The van der Waals surface area contributed by atoms with Crippen molar-refractivity contribution in [1.29, 1.82) is 0 Å². The summed E-state index contributed by atoms with van der Waals surface area (Å²) in [4.78, 5) is 4.23. The molecule has 0 bridgehead atoms. The van der Waals surface area contributed by atoms with Crippen molar-refractivity contribution in [3.05, 3.63) is 29.6 Å². The van der Waals surface area contributed by atoms with Gasteiger partial charge in [-0.1, -0.05) is 6.42 Å². The third kappa shape index (κ3) is 1.67. The van der Waals surface area contributed by atoms with Crippen LogP contribution in [0, 0.1) is 6.92 Å². The number of nitrogens with one attached hydrogen (secondary N) is 1. The van der Waals surface area contributed by atoms with Crippen molar-refractivity contribution in [2.24, 2.45) is 0 Å². The third-order valence-corrected chi connectivity index (χ3v) is 3.37. The van der Waals surface area contributed by atoms with E-state index in [1.54, 1.807) is 0 Å². The number of aromatic nitrogens is 1. The Morgan fingerprint density at radius 1 is 1.43 bits per heavy atom. The normalized spacial score (nSPS) is 26.7. The van der Waals surface area contributed by atoms with E-state index in [9.17, 15) is 0 Å². The van der Waals surface area contributed by atoms with Crippen LogP contribution in [-0.2, 0) is 0 Å². The highest BCUT2D eigenvalue weighted by molar-refractivity contribution is 5.27. The van der Waals surface area contributed by atoms with Crippen LogP contribution in [0.25, 0.3) is 0 Å². The van der Waals surface area contributed by atoms with Gasteiger partial charge in [0, 0.05) is 24.4 Å². The number of aryl methyl sites for hydroxylation is 1. The van der Waals surface area contributed by atoms with E-state index < -0.39 is 0 Å². The van der Waals surface area contributed by atoms with Gasteiger partial charge in [-0.3, -0.25) is 4.98 Å². The second-order valence-corrected chi connectivity index (χ2v) is 4.16. The Hall–Kier alpha value is -0.890. The summed E-state index contributed by atoms with van der Waals surface area (Å²) in [7, 11) is 2.06. The van der Waals surface area contributed by atoms with Crippen molar-refractivity contribution in [1.82, 2.24) is 10.3 Å². The zero-order valence-electron chi connectivity index (χ0n) is 8.96. The highest BCUT2D eigenvalue weighted by Gasteiger charge is 2.28. The molecule has 0 saturated heterocycles. The van der Waals surface area contributed by atoms with Gasteiger partial charge in [0.25, 0.3) is 0 Å². The van der Waals surface area contributed by atoms with Crippen molar-refractivity contribution in [3.8, 4) is 0 Å². The zero-order chi connectivity index (χ0) is 9.97. The van der Waals surface area contributed by atoms with Crippen molar-refractivity contribution >= 4 is 0 Å². The van der Waals surface area contributed by atoms with Gasteiger partial charge in [-0.05, 0) is 44.0 Å². The summed E-state index contributed by atoms with van der Waals surface area (Å²) in [6.45, 7) is 2.18. The van der Waals surface area contributed by atoms with Crippen LogP contribution >= 0.6 is 0 Å². The summed E-state index contributed by atoms with van der Waals surface area (Å²) in [5, 5.41) is 3.41. The number of nitrogens with zero attached hydrogens (tertiary/aromatic N) is 1. The van der Waals surface area contributed by atoms with Gasteiger partial charge in [0.15, 0.2) is 0 Å². The van der Waals surface area contributed by atoms with Crippen LogP contribution in [0.3, 0.4) is 0 Å². The first-order valence-electron chi connectivity index (χ1n) is 5.40. The van der Waals surface area contributed by atoms with Crippen LogP contribution in [0.4, 0.5) is 0 Å². The monoisotopic (exact) mass is 190 g/mol. The lowest BCUT2D eigenvalue weighted by Gasteiger charge is -2.20. The van der Waals surface area contributed by atoms with E-state index in [1.165, 1.54) is 30.4 Å². The van der Waals surface area contributed by atoms with Crippen molar-refractivity contribution in [2.75, 3.05) is 7.05 Å². The molecule has 2 rings (SSSR count). The highest BCUT2D eigenvalue weighted by atomic mass is 14.9. The molecule has 0 aromatic carbocycles. The summed E-state index contributed by atoms with van der Waals surface area (Å²) in [6.07, 6.45) is 7.86. The summed E-state index contributed by atoms with van der Waals surface area (Å²) in [5.74, 6) is 0.675. The molecule has 0 amide bonds. The predicted molar refractivity (Wildman–Crippen MR) is 58.4 cm³/mol. The molecule has 1 aliphatic rings. The van der Waals surface area contributed by atoms with Crippen molar-refractivity contribution < 1.29 is 0 Å². The first-order chi connectivity index (χ1) is 6.83. The standard InChI is InChI=1S/C12H18N2/c1-9-6-7-14-8-11(9)10-4-3-5-12(10)13-2/h6-8,10,12-13H,3-5H2,1-2H3. The molecule has 1 N–H and O–H groups in total. The fraction of sp³-hybridized carbons (Fsp3) is 0.583. The number of rotatable bonds is 2. The second kappa shape index (κ2) is 4.09. The smallest absolute Gasteiger partial charge is 0.0305 e. The first-order valence-corrected chi connectivity index (χ1v) is 5.40. The molecule has 76 valence electrons. The molecule has 1 aromatic heterocycles. The Balaban J connectivity index is 2.26. The summed E-state index contributed by atoms with van der Waals surface area (Å²) in [5.41, 5.74) is 2.82. The molecule has 2 nitrogen and oxygen atoms in total. The van der Waals surface area contributed by atoms with Crippen molar-refractivity contribution in [3.63, 3.8) is 0 Å². The van der Waals surface area contributed by atoms with E-state index in [-0.39, 0.29) is 0 Å². The molecule has 1 aromatic rings. The molecular formula is C12H18N2. The van der Waals surface area contributed by atoms with Crippen LogP contribution in [0.5, 0.6) is 0 Å². The molecule has 1 aliphatic carbocycles. The minimum atomic E-state index is 0.651. The molecule has 1 heterocycles. The molecule has 1 saturated carbocycles. The fourth-order valence-corrected chi connectivity index (χ4v) is 2.54. The van der Waals surface area contributed by atoms with Crippen LogP contribution < -0.4 is 5.32 Å². The van der Waals surface area contributed by atoms with E-state index >= 15 is 0 Å². The minimum absolute atomic E-state index is 0.651. The molecular weight excluding hydrogens is 172 g/mol. The van der Waals surface area contributed by atoms with Crippen LogP contribution in [0.2, 0.25) is 0 Å². The molecule has 2 heteroatoms. The number of hydrogen-bond donors (Lipinski definition) is 1. The summed E-state index contributed by atoms with van der Waals surface area (Å²) in [6, 6.07) is 2.76. The summed E-state index contributed by atoms with van der Waals surface area (Å²) < 4.78 is 0. The quantitative estimate of drug-likeness (QED) is 0.773. The largest absolute Gasteiger partial charge is 0.316 e.